The smallest absolute Gasteiger partial charge is 0.239 e. The van der Waals surface area contributed by atoms with Crippen molar-refractivity contribution >= 4 is 33.2 Å². The van der Waals surface area contributed by atoms with Crippen molar-refractivity contribution in [3.05, 3.63) is 63.9 Å². The molecule has 0 saturated carbocycles. The third-order valence-corrected chi connectivity index (χ3v) is 6.39. The first-order valence-corrected chi connectivity index (χ1v) is 12.4. The van der Waals surface area contributed by atoms with Gasteiger partial charge >= 0.3 is 0 Å². The van der Waals surface area contributed by atoms with Crippen LogP contribution in [0.5, 0.6) is 5.75 Å². The van der Waals surface area contributed by atoms with Crippen LogP contribution in [0.1, 0.15) is 49.8 Å². The van der Waals surface area contributed by atoms with Crippen LogP contribution in [0.15, 0.2) is 47.2 Å². The highest BCUT2D eigenvalue weighted by Crippen LogP contribution is 2.42. The van der Waals surface area contributed by atoms with Crippen molar-refractivity contribution in [1.29, 1.82) is 0 Å². The highest BCUT2D eigenvalue weighted by Gasteiger charge is 2.19. The van der Waals surface area contributed by atoms with Crippen molar-refractivity contribution in [2.75, 3.05) is 37.9 Å². The van der Waals surface area contributed by atoms with E-state index in [1.165, 1.54) is 17.3 Å². The number of carbonyl (C=O) groups excluding carboxylic acids is 1. The molecule has 0 bridgehead atoms. The van der Waals surface area contributed by atoms with Crippen molar-refractivity contribution < 1.29 is 9.53 Å². The highest BCUT2D eigenvalue weighted by atomic mass is 79.9. The molecule has 1 amide bonds. The largest absolute Gasteiger partial charge is 0.494 e. The molecule has 0 aromatic heterocycles. The van der Waals surface area contributed by atoms with Gasteiger partial charge in [-0.05, 0) is 51.0 Å². The first-order valence-electron chi connectivity index (χ1n) is 11.6. The summed E-state index contributed by atoms with van der Waals surface area (Å²) in [7, 11) is 3.29. The van der Waals surface area contributed by atoms with Gasteiger partial charge < -0.3 is 31.3 Å². The number of amides is 1. The van der Waals surface area contributed by atoms with E-state index < -0.39 is 0 Å². The molecule has 0 unspecified atom stereocenters. The molecule has 7 nitrogen and oxygen atoms in total. The van der Waals surface area contributed by atoms with Crippen LogP contribution < -0.4 is 26.4 Å². The van der Waals surface area contributed by atoms with Gasteiger partial charge in [-0.1, -0.05) is 45.0 Å². The van der Waals surface area contributed by atoms with E-state index in [2.05, 4.69) is 76.9 Å². The zero-order valence-corrected chi connectivity index (χ0v) is 22.5. The van der Waals surface area contributed by atoms with Crippen LogP contribution in [0.2, 0.25) is 0 Å². The zero-order chi connectivity index (χ0) is 25.1. The molecule has 5 N–H and O–H groups in total. The summed E-state index contributed by atoms with van der Waals surface area (Å²) in [5.41, 5.74) is 10.9. The Kier molecular flexibility index (Phi) is 11.1. The summed E-state index contributed by atoms with van der Waals surface area (Å²) in [5, 5.41) is 9.75. The third-order valence-electron chi connectivity index (χ3n) is 5.49. The maximum atomic E-state index is 12.0. The van der Waals surface area contributed by atoms with Gasteiger partial charge in [0.05, 0.1) is 19.3 Å². The van der Waals surface area contributed by atoms with Crippen LogP contribution in [-0.2, 0) is 17.9 Å². The highest BCUT2D eigenvalue weighted by molar-refractivity contribution is 9.10. The number of anilines is 2. The van der Waals surface area contributed by atoms with E-state index in [0.29, 0.717) is 19.0 Å². The second kappa shape index (κ2) is 13.7. The molecule has 186 valence electrons. The Morgan fingerprint density at radius 2 is 1.91 bits per heavy atom. The molecule has 0 aliphatic carbocycles. The van der Waals surface area contributed by atoms with Gasteiger partial charge in [0.2, 0.25) is 5.91 Å². The molecule has 0 fully saturated rings. The number of likely N-dealkylation sites (N-methyl/N-ethyl adjacent to an activating group) is 1. The summed E-state index contributed by atoms with van der Waals surface area (Å²) in [5.74, 6) is 1.15. The summed E-state index contributed by atoms with van der Waals surface area (Å²) in [6.45, 7) is 8.67. The number of hydrogen-bond acceptors (Lipinski definition) is 6. The Labute approximate surface area is 212 Å². The molecular weight excluding hydrogens is 494 g/mol. The summed E-state index contributed by atoms with van der Waals surface area (Å²) < 4.78 is 6.67. The number of nitrogens with one attached hydrogen (secondary N) is 3. The predicted molar refractivity (Wildman–Crippen MR) is 145 cm³/mol. The number of halogens is 1. The Morgan fingerprint density at radius 1 is 1.21 bits per heavy atom. The molecule has 0 aliphatic heterocycles. The normalized spacial score (nSPS) is 11.0. The predicted octanol–water partition coefficient (Wildman–Crippen LogP) is 4.99. The maximum absolute atomic E-state index is 12.0. The fraction of sp³-hybridized carbons (Fsp3) is 0.423. The summed E-state index contributed by atoms with van der Waals surface area (Å²) >= 11 is 3.81. The molecule has 2 aromatic carbocycles. The van der Waals surface area contributed by atoms with E-state index in [0.717, 1.165) is 40.1 Å². The number of ether oxygens (including phenoxy) is 1. The van der Waals surface area contributed by atoms with Crippen molar-refractivity contribution in [2.24, 2.45) is 5.73 Å². The monoisotopic (exact) mass is 531 g/mol. The lowest BCUT2D eigenvalue weighted by molar-refractivity contribution is -0.121. The quantitative estimate of drug-likeness (QED) is 0.291. The van der Waals surface area contributed by atoms with Crippen molar-refractivity contribution in [3.8, 4) is 5.75 Å². The number of nitrogens with two attached hydrogens (primary N) is 1. The van der Waals surface area contributed by atoms with Crippen LogP contribution in [0.3, 0.4) is 0 Å². The Bertz CT molecular complexity index is 961. The average molecular weight is 533 g/mol. The lowest BCUT2D eigenvalue weighted by Gasteiger charge is -2.24. The second-order valence-corrected chi connectivity index (χ2v) is 9.19. The molecule has 0 atom stereocenters. The molecule has 0 saturated heterocycles. The lowest BCUT2D eigenvalue weighted by atomic mass is 10.0. The Hall–Kier alpha value is -2.87. The molecule has 8 heteroatoms. The van der Waals surface area contributed by atoms with E-state index in [1.807, 2.05) is 11.0 Å². The Morgan fingerprint density at radius 3 is 2.47 bits per heavy atom. The molecule has 34 heavy (non-hydrogen) atoms. The third kappa shape index (κ3) is 7.58. The van der Waals surface area contributed by atoms with Crippen LogP contribution in [0.25, 0.3) is 0 Å². The number of nitrogens with zero attached hydrogens (tertiary/aromatic N) is 1. The van der Waals surface area contributed by atoms with Crippen LogP contribution in [0, 0.1) is 0 Å². The molecule has 0 heterocycles. The average Bonchev–Trinajstić information content (AvgIpc) is 2.83. The van der Waals surface area contributed by atoms with Gasteiger partial charge in [0.15, 0.2) is 0 Å². The number of methoxy groups -OCH3 is 1. The molecule has 0 aliphatic rings. The van der Waals surface area contributed by atoms with E-state index in [4.69, 9.17) is 10.5 Å². The first kappa shape index (κ1) is 27.4. The minimum atomic E-state index is -0.0920. The van der Waals surface area contributed by atoms with E-state index in [-0.39, 0.29) is 12.5 Å². The number of hydrogen-bond donors (Lipinski definition) is 4. The molecule has 0 spiro atoms. The van der Waals surface area contributed by atoms with Crippen LogP contribution >= 0.6 is 15.9 Å². The topological polar surface area (TPSA) is 91.7 Å². The SMILES string of the molecule is CCCNc1c(OC)cc(CN(/C=C\N)CC(=O)NC)c(Br)c1NCc1ccc(C(C)C)cc1. The van der Waals surface area contributed by atoms with Gasteiger partial charge in [0.25, 0.3) is 0 Å². The maximum Gasteiger partial charge on any atom is 0.239 e. The van der Waals surface area contributed by atoms with Gasteiger partial charge in [-0.25, -0.2) is 0 Å². The van der Waals surface area contributed by atoms with Gasteiger partial charge in [0, 0.05) is 43.6 Å². The minimum Gasteiger partial charge on any atom is -0.494 e. The fourth-order valence-electron chi connectivity index (χ4n) is 3.53. The van der Waals surface area contributed by atoms with Gasteiger partial charge in [-0.2, -0.15) is 0 Å². The molecule has 2 aromatic rings. The summed E-state index contributed by atoms with van der Waals surface area (Å²) in [4.78, 5) is 13.8. The van der Waals surface area contributed by atoms with Crippen LogP contribution in [0.4, 0.5) is 11.4 Å². The van der Waals surface area contributed by atoms with Crippen molar-refractivity contribution in [2.45, 2.75) is 46.2 Å². The summed E-state index contributed by atoms with van der Waals surface area (Å²) in [6.07, 6.45) is 4.13. The number of rotatable bonds is 13. The lowest BCUT2D eigenvalue weighted by Crippen LogP contribution is -2.32. The van der Waals surface area contributed by atoms with E-state index >= 15 is 0 Å². The minimum absolute atomic E-state index is 0.0920. The zero-order valence-electron chi connectivity index (χ0n) is 20.9. The standard InChI is InChI=1S/C26H38BrN5O2/c1-6-12-30-25-22(34-5)14-21(16-32(13-11-28)17-23(33)29-4)24(27)26(25)31-15-19-7-9-20(10-8-19)18(2)3/h7-11,13-14,18,30-31H,6,12,15-17,28H2,1-5H3,(H,29,33)/b13-11-. The van der Waals surface area contributed by atoms with E-state index in [1.54, 1.807) is 20.4 Å². The first-order chi connectivity index (χ1) is 16.3. The van der Waals surface area contributed by atoms with Gasteiger partial charge in [0.1, 0.15) is 11.4 Å². The van der Waals surface area contributed by atoms with E-state index in [9.17, 15) is 4.79 Å². The molecular formula is C26H38BrN5O2. The van der Waals surface area contributed by atoms with Crippen LogP contribution in [-0.4, -0.2) is 38.1 Å². The number of carbonyl (C=O) groups is 1. The van der Waals surface area contributed by atoms with Gasteiger partial charge in [-0.15, -0.1) is 0 Å². The fourth-order valence-corrected chi connectivity index (χ4v) is 4.11. The van der Waals surface area contributed by atoms with Crippen molar-refractivity contribution in [3.63, 3.8) is 0 Å². The van der Waals surface area contributed by atoms with Gasteiger partial charge in [-0.3, -0.25) is 4.79 Å². The second-order valence-electron chi connectivity index (χ2n) is 8.40. The Balaban J connectivity index is 2.40. The molecule has 2 rings (SSSR count). The van der Waals surface area contributed by atoms with Crippen molar-refractivity contribution in [1.82, 2.24) is 10.2 Å². The molecule has 0 radical (unpaired) electrons. The number of benzene rings is 2. The summed E-state index contributed by atoms with van der Waals surface area (Å²) in [6, 6.07) is 10.7.